The van der Waals surface area contributed by atoms with Gasteiger partial charge in [0, 0.05) is 11.8 Å². The number of carboxylic acid groups (broad SMARTS) is 1. The van der Waals surface area contributed by atoms with E-state index < -0.39 is 6.09 Å². The summed E-state index contributed by atoms with van der Waals surface area (Å²) in [5.41, 5.74) is 6.10. The number of anilines is 1. The van der Waals surface area contributed by atoms with Crippen molar-refractivity contribution in [3.05, 3.63) is 17.6 Å². The van der Waals surface area contributed by atoms with Gasteiger partial charge < -0.3 is 16.2 Å². The minimum Gasteiger partial charge on any atom is -0.465 e. The zero-order valence-electron chi connectivity index (χ0n) is 7.11. The maximum Gasteiger partial charge on any atom is 0.404 e. The van der Waals surface area contributed by atoms with Crippen LogP contribution in [0.25, 0.3) is 0 Å². The summed E-state index contributed by atoms with van der Waals surface area (Å²) < 4.78 is 0. The molecular weight excluding hydrogens is 172 g/mol. The number of nitrogens with one attached hydrogen (secondary N) is 1. The zero-order valence-corrected chi connectivity index (χ0v) is 7.11. The number of hydrogen-bond acceptors (Lipinski definition) is 4. The maximum absolute atomic E-state index is 10.2. The zero-order chi connectivity index (χ0) is 9.84. The summed E-state index contributed by atoms with van der Waals surface area (Å²) in [5, 5.41) is 10.5. The Kier molecular flexibility index (Phi) is 2.63. The molecule has 13 heavy (non-hydrogen) atoms. The highest BCUT2D eigenvalue weighted by Gasteiger charge is 2.02. The summed E-state index contributed by atoms with van der Waals surface area (Å²) in [6, 6.07) is 0. The molecule has 0 unspecified atom stereocenters. The number of amides is 1. The fourth-order valence-corrected chi connectivity index (χ4v) is 0.820. The Hall–Kier alpha value is -1.85. The van der Waals surface area contributed by atoms with Crippen LogP contribution in [-0.2, 0) is 6.54 Å². The highest BCUT2D eigenvalue weighted by Crippen LogP contribution is 2.05. The van der Waals surface area contributed by atoms with Crippen LogP contribution in [0, 0.1) is 6.92 Å². The number of hydrogen-bond donors (Lipinski definition) is 3. The van der Waals surface area contributed by atoms with Crippen LogP contribution in [0.5, 0.6) is 0 Å². The van der Waals surface area contributed by atoms with E-state index in [0.717, 1.165) is 0 Å². The molecule has 0 spiro atoms. The van der Waals surface area contributed by atoms with Gasteiger partial charge in [-0.2, -0.15) is 0 Å². The van der Waals surface area contributed by atoms with Gasteiger partial charge in [0.25, 0.3) is 0 Å². The Bertz CT molecular complexity index is 326. The van der Waals surface area contributed by atoms with Gasteiger partial charge in [-0.3, -0.25) is 0 Å². The molecule has 70 valence electrons. The van der Waals surface area contributed by atoms with Gasteiger partial charge in [0.2, 0.25) is 0 Å². The largest absolute Gasteiger partial charge is 0.465 e. The van der Waals surface area contributed by atoms with E-state index in [2.05, 4.69) is 15.3 Å². The quantitative estimate of drug-likeness (QED) is 0.603. The van der Waals surface area contributed by atoms with E-state index >= 15 is 0 Å². The lowest BCUT2D eigenvalue weighted by molar-refractivity contribution is 0.194. The molecular formula is C7H10N4O2. The minimum absolute atomic E-state index is 0.126. The number of nitrogen functional groups attached to an aromatic ring is 1. The summed E-state index contributed by atoms with van der Waals surface area (Å²) >= 11 is 0. The van der Waals surface area contributed by atoms with E-state index in [1.165, 1.54) is 6.20 Å². The molecule has 0 aromatic carbocycles. The molecule has 1 aromatic rings. The fourth-order valence-electron chi connectivity index (χ4n) is 0.820. The van der Waals surface area contributed by atoms with Gasteiger partial charge >= 0.3 is 6.09 Å². The summed E-state index contributed by atoms with van der Waals surface area (Å²) in [5.74, 6) is 0.873. The molecule has 6 heteroatoms. The highest BCUT2D eigenvalue weighted by atomic mass is 16.4. The SMILES string of the molecule is Cc1ncc(CNC(=O)O)c(N)n1. The Labute approximate surface area is 74.8 Å². The first-order chi connectivity index (χ1) is 6.09. The van der Waals surface area contributed by atoms with Crippen LogP contribution in [0.15, 0.2) is 6.20 Å². The average molecular weight is 182 g/mol. The van der Waals surface area contributed by atoms with Crippen molar-refractivity contribution in [1.29, 1.82) is 0 Å². The Morgan fingerprint density at radius 1 is 1.77 bits per heavy atom. The molecule has 1 heterocycles. The molecule has 0 aliphatic rings. The highest BCUT2D eigenvalue weighted by molar-refractivity contribution is 5.64. The van der Waals surface area contributed by atoms with Gasteiger partial charge in [-0.1, -0.05) is 0 Å². The second-order valence-electron chi connectivity index (χ2n) is 2.49. The van der Waals surface area contributed by atoms with Gasteiger partial charge in [-0.25, -0.2) is 14.8 Å². The van der Waals surface area contributed by atoms with E-state index in [9.17, 15) is 4.79 Å². The van der Waals surface area contributed by atoms with Crippen LogP contribution in [0.4, 0.5) is 10.6 Å². The fraction of sp³-hybridized carbons (Fsp3) is 0.286. The van der Waals surface area contributed by atoms with E-state index in [1.807, 2.05) is 0 Å². The van der Waals surface area contributed by atoms with Crippen molar-refractivity contribution in [2.24, 2.45) is 0 Å². The molecule has 0 atom stereocenters. The first-order valence-corrected chi connectivity index (χ1v) is 3.64. The maximum atomic E-state index is 10.2. The number of nitrogens with zero attached hydrogens (tertiary/aromatic N) is 2. The summed E-state index contributed by atoms with van der Waals surface area (Å²) in [6.45, 7) is 1.84. The predicted molar refractivity (Wildman–Crippen MR) is 46.0 cm³/mol. The van der Waals surface area contributed by atoms with E-state index in [0.29, 0.717) is 17.2 Å². The molecule has 0 aliphatic carbocycles. The van der Waals surface area contributed by atoms with Crippen molar-refractivity contribution >= 4 is 11.9 Å². The van der Waals surface area contributed by atoms with Crippen molar-refractivity contribution in [2.75, 3.05) is 5.73 Å². The molecule has 6 nitrogen and oxygen atoms in total. The molecule has 1 aromatic heterocycles. The average Bonchev–Trinajstić information content (AvgIpc) is 2.02. The van der Waals surface area contributed by atoms with Gasteiger partial charge in [0.1, 0.15) is 11.6 Å². The van der Waals surface area contributed by atoms with Gasteiger partial charge in [0.15, 0.2) is 0 Å². The number of rotatable bonds is 2. The van der Waals surface area contributed by atoms with Crippen molar-refractivity contribution in [2.45, 2.75) is 13.5 Å². The number of aromatic nitrogens is 2. The molecule has 0 aliphatic heterocycles. The van der Waals surface area contributed by atoms with E-state index in [1.54, 1.807) is 6.92 Å². The van der Waals surface area contributed by atoms with Crippen molar-refractivity contribution in [3.8, 4) is 0 Å². The third-order valence-electron chi connectivity index (χ3n) is 1.45. The van der Waals surface area contributed by atoms with Gasteiger partial charge in [0.05, 0.1) is 6.54 Å². The summed E-state index contributed by atoms with van der Waals surface area (Å²) in [4.78, 5) is 17.9. The molecule has 0 radical (unpaired) electrons. The topological polar surface area (TPSA) is 101 Å². The monoisotopic (exact) mass is 182 g/mol. The standard InChI is InChI=1S/C7H10N4O2/c1-4-9-2-5(6(8)11-4)3-10-7(12)13/h2,10H,3H2,1H3,(H,12,13)(H2,8,9,11). The second kappa shape index (κ2) is 3.70. The number of aryl methyl sites for hydroxylation is 1. The number of nitrogens with two attached hydrogens (primary N) is 1. The summed E-state index contributed by atoms with van der Waals surface area (Å²) in [6.07, 6.45) is 0.410. The van der Waals surface area contributed by atoms with Gasteiger partial charge in [-0.05, 0) is 6.92 Å². The molecule has 0 bridgehead atoms. The predicted octanol–water partition coefficient (Wildman–Crippen LogP) is 0.135. The minimum atomic E-state index is -1.10. The second-order valence-corrected chi connectivity index (χ2v) is 2.49. The first-order valence-electron chi connectivity index (χ1n) is 3.64. The Morgan fingerprint density at radius 2 is 2.46 bits per heavy atom. The molecule has 0 fully saturated rings. The van der Waals surface area contributed by atoms with Gasteiger partial charge in [-0.15, -0.1) is 0 Å². The van der Waals surface area contributed by atoms with E-state index in [-0.39, 0.29) is 6.54 Å². The lowest BCUT2D eigenvalue weighted by Crippen LogP contribution is -2.21. The van der Waals surface area contributed by atoms with Crippen LogP contribution < -0.4 is 11.1 Å². The first kappa shape index (κ1) is 9.24. The number of carbonyl (C=O) groups is 1. The van der Waals surface area contributed by atoms with Crippen LogP contribution in [0.1, 0.15) is 11.4 Å². The van der Waals surface area contributed by atoms with Crippen LogP contribution in [-0.4, -0.2) is 21.2 Å². The van der Waals surface area contributed by atoms with Crippen molar-refractivity contribution in [3.63, 3.8) is 0 Å². The van der Waals surface area contributed by atoms with Crippen LogP contribution in [0.2, 0.25) is 0 Å². The molecule has 1 rings (SSSR count). The van der Waals surface area contributed by atoms with Crippen molar-refractivity contribution in [1.82, 2.24) is 15.3 Å². The normalized spacial score (nSPS) is 9.62. The molecule has 1 amide bonds. The Morgan fingerprint density at radius 3 is 3.00 bits per heavy atom. The molecule has 4 N–H and O–H groups in total. The van der Waals surface area contributed by atoms with E-state index in [4.69, 9.17) is 10.8 Å². The van der Waals surface area contributed by atoms with Crippen molar-refractivity contribution < 1.29 is 9.90 Å². The Balaban J connectivity index is 2.72. The van der Waals surface area contributed by atoms with Crippen LogP contribution >= 0.6 is 0 Å². The third kappa shape index (κ3) is 2.58. The smallest absolute Gasteiger partial charge is 0.404 e. The third-order valence-corrected chi connectivity index (χ3v) is 1.45. The summed E-state index contributed by atoms with van der Waals surface area (Å²) in [7, 11) is 0. The molecule has 0 saturated carbocycles. The molecule has 0 saturated heterocycles. The lowest BCUT2D eigenvalue weighted by Gasteiger charge is -2.03. The lowest BCUT2D eigenvalue weighted by atomic mass is 10.3. The van der Waals surface area contributed by atoms with Crippen LogP contribution in [0.3, 0.4) is 0 Å².